The van der Waals surface area contributed by atoms with Gasteiger partial charge in [-0.1, -0.05) is 37.6 Å². The Morgan fingerprint density at radius 3 is 2.47 bits per heavy atom. The number of esters is 1. The molecule has 0 aliphatic rings. The number of benzene rings is 1. The molecule has 1 aromatic carbocycles. The minimum absolute atomic E-state index is 0.0770. The Morgan fingerprint density at radius 1 is 1.32 bits per heavy atom. The van der Waals surface area contributed by atoms with E-state index in [-0.39, 0.29) is 17.5 Å². The van der Waals surface area contributed by atoms with Crippen LogP contribution in [0.2, 0.25) is 5.02 Å². The summed E-state index contributed by atoms with van der Waals surface area (Å²) >= 11 is 7.36. The van der Waals surface area contributed by atoms with E-state index < -0.39 is 11.9 Å². The van der Waals surface area contributed by atoms with Crippen LogP contribution >= 0.6 is 23.4 Å². The molecule has 5 heteroatoms. The predicted octanol–water partition coefficient (Wildman–Crippen LogP) is 3.45. The Kier molecular flexibility index (Phi) is 6.38. The number of hydrogen-bond acceptors (Lipinski definition) is 4. The molecule has 1 rings (SSSR count). The van der Waals surface area contributed by atoms with E-state index in [9.17, 15) is 9.59 Å². The van der Waals surface area contributed by atoms with Gasteiger partial charge >= 0.3 is 5.97 Å². The summed E-state index contributed by atoms with van der Waals surface area (Å²) in [7, 11) is 1.30. The van der Waals surface area contributed by atoms with E-state index in [4.69, 9.17) is 11.6 Å². The van der Waals surface area contributed by atoms with Crippen molar-refractivity contribution in [2.24, 2.45) is 11.8 Å². The van der Waals surface area contributed by atoms with Gasteiger partial charge in [0.2, 0.25) is 0 Å². The van der Waals surface area contributed by atoms with E-state index in [0.717, 1.165) is 4.90 Å². The summed E-state index contributed by atoms with van der Waals surface area (Å²) in [6.45, 7) is 3.67. The first-order valence-corrected chi connectivity index (χ1v) is 7.31. The van der Waals surface area contributed by atoms with Crippen LogP contribution in [0.25, 0.3) is 0 Å². The van der Waals surface area contributed by atoms with Gasteiger partial charge in [0.05, 0.1) is 17.9 Å². The number of carbonyl (C=O) groups excluding carboxylic acids is 2. The van der Waals surface area contributed by atoms with Crippen molar-refractivity contribution in [3.63, 3.8) is 0 Å². The van der Waals surface area contributed by atoms with Gasteiger partial charge in [0.15, 0.2) is 5.78 Å². The van der Waals surface area contributed by atoms with Crippen molar-refractivity contribution in [2.75, 3.05) is 12.9 Å². The van der Waals surface area contributed by atoms with Gasteiger partial charge in [0.25, 0.3) is 0 Å². The number of thioether (sulfide) groups is 1. The van der Waals surface area contributed by atoms with E-state index in [1.165, 1.54) is 18.9 Å². The van der Waals surface area contributed by atoms with Crippen molar-refractivity contribution in [3.05, 3.63) is 29.3 Å². The molecule has 0 saturated carbocycles. The molecule has 0 amide bonds. The summed E-state index contributed by atoms with van der Waals surface area (Å²) in [5.41, 5.74) is 0. The van der Waals surface area contributed by atoms with Gasteiger partial charge in [-0.3, -0.25) is 9.59 Å². The van der Waals surface area contributed by atoms with Crippen LogP contribution in [0.5, 0.6) is 0 Å². The molecule has 0 N–H and O–H groups in total. The molecule has 0 aromatic heterocycles. The standard InChI is InChI=1S/C14H17ClO3S/c1-9(2)13(14(17)18-3)11(16)8-19-12-7-5-4-6-10(12)15/h4-7,9,13H,8H2,1-3H3. The molecular weight excluding hydrogens is 284 g/mol. The molecule has 0 saturated heterocycles. The number of Topliss-reactive ketones (excluding diaryl/α,β-unsaturated/α-hetero) is 1. The number of halogens is 1. The molecule has 0 heterocycles. The lowest BCUT2D eigenvalue weighted by atomic mass is 9.92. The van der Waals surface area contributed by atoms with Crippen molar-refractivity contribution >= 4 is 35.1 Å². The van der Waals surface area contributed by atoms with Crippen molar-refractivity contribution in [2.45, 2.75) is 18.7 Å². The fraction of sp³-hybridized carbons (Fsp3) is 0.429. The number of hydrogen-bond donors (Lipinski definition) is 0. The molecule has 0 aliphatic carbocycles. The van der Waals surface area contributed by atoms with E-state index in [2.05, 4.69) is 4.74 Å². The largest absolute Gasteiger partial charge is 0.468 e. The lowest BCUT2D eigenvalue weighted by Crippen LogP contribution is -2.31. The van der Waals surface area contributed by atoms with Gasteiger partial charge in [-0.05, 0) is 18.1 Å². The topological polar surface area (TPSA) is 43.4 Å². The third-order valence-electron chi connectivity index (χ3n) is 2.68. The molecule has 0 aliphatic heterocycles. The van der Waals surface area contributed by atoms with Gasteiger partial charge < -0.3 is 4.74 Å². The van der Waals surface area contributed by atoms with Gasteiger partial charge in [-0.25, -0.2) is 0 Å². The molecule has 1 atom stereocenters. The molecule has 0 radical (unpaired) electrons. The van der Waals surface area contributed by atoms with Crippen LogP contribution < -0.4 is 0 Å². The second-order valence-corrected chi connectivity index (χ2v) is 5.85. The molecule has 0 bridgehead atoms. The van der Waals surface area contributed by atoms with E-state index >= 15 is 0 Å². The van der Waals surface area contributed by atoms with Crippen molar-refractivity contribution in [1.29, 1.82) is 0 Å². The van der Waals surface area contributed by atoms with Crippen molar-refractivity contribution in [1.82, 2.24) is 0 Å². The summed E-state index contributed by atoms with van der Waals surface area (Å²) < 4.78 is 4.68. The zero-order valence-electron chi connectivity index (χ0n) is 11.2. The average Bonchev–Trinajstić information content (AvgIpc) is 2.37. The van der Waals surface area contributed by atoms with Gasteiger partial charge in [-0.15, -0.1) is 11.8 Å². The van der Waals surface area contributed by atoms with Crippen LogP contribution in [0.4, 0.5) is 0 Å². The lowest BCUT2D eigenvalue weighted by Gasteiger charge is -2.16. The van der Waals surface area contributed by atoms with Crippen LogP contribution in [-0.4, -0.2) is 24.6 Å². The fourth-order valence-corrected chi connectivity index (χ4v) is 2.86. The van der Waals surface area contributed by atoms with Crippen LogP contribution in [0.1, 0.15) is 13.8 Å². The third-order valence-corrected chi connectivity index (χ3v) is 4.21. The quantitative estimate of drug-likeness (QED) is 0.458. The predicted molar refractivity (Wildman–Crippen MR) is 77.5 cm³/mol. The van der Waals surface area contributed by atoms with Crippen LogP contribution in [-0.2, 0) is 14.3 Å². The first-order chi connectivity index (χ1) is 8.97. The van der Waals surface area contributed by atoms with Gasteiger partial charge in [-0.2, -0.15) is 0 Å². The molecule has 1 unspecified atom stereocenters. The SMILES string of the molecule is COC(=O)C(C(=O)CSc1ccccc1Cl)C(C)C. The molecule has 0 fully saturated rings. The average molecular weight is 301 g/mol. The maximum Gasteiger partial charge on any atom is 0.316 e. The normalized spacial score (nSPS) is 12.3. The van der Waals surface area contributed by atoms with E-state index in [1.807, 2.05) is 32.0 Å². The summed E-state index contributed by atoms with van der Waals surface area (Å²) in [6.07, 6.45) is 0. The first-order valence-electron chi connectivity index (χ1n) is 5.95. The second-order valence-electron chi connectivity index (χ2n) is 4.43. The highest BCUT2D eigenvalue weighted by molar-refractivity contribution is 8.00. The maximum absolute atomic E-state index is 12.1. The highest BCUT2D eigenvalue weighted by Gasteiger charge is 2.30. The summed E-state index contributed by atoms with van der Waals surface area (Å²) in [5, 5.41) is 0.611. The molecule has 3 nitrogen and oxygen atoms in total. The smallest absolute Gasteiger partial charge is 0.316 e. The van der Waals surface area contributed by atoms with E-state index in [0.29, 0.717) is 5.02 Å². The highest BCUT2D eigenvalue weighted by Crippen LogP contribution is 2.28. The molecule has 104 valence electrons. The van der Waals surface area contributed by atoms with Crippen molar-refractivity contribution in [3.8, 4) is 0 Å². The fourth-order valence-electron chi connectivity index (χ4n) is 1.70. The van der Waals surface area contributed by atoms with Crippen LogP contribution in [0.3, 0.4) is 0 Å². The van der Waals surface area contributed by atoms with Gasteiger partial charge in [0.1, 0.15) is 5.92 Å². The zero-order valence-corrected chi connectivity index (χ0v) is 12.8. The minimum atomic E-state index is -0.708. The maximum atomic E-state index is 12.1. The van der Waals surface area contributed by atoms with Crippen LogP contribution in [0.15, 0.2) is 29.2 Å². The van der Waals surface area contributed by atoms with E-state index in [1.54, 1.807) is 6.07 Å². The Hall–Kier alpha value is -1.00. The molecule has 0 spiro atoms. The monoisotopic (exact) mass is 300 g/mol. The first kappa shape index (κ1) is 16.1. The Balaban J connectivity index is 2.68. The molecule has 1 aromatic rings. The Bertz CT molecular complexity index is 460. The summed E-state index contributed by atoms with van der Waals surface area (Å²) in [6, 6.07) is 7.32. The minimum Gasteiger partial charge on any atom is -0.468 e. The zero-order chi connectivity index (χ0) is 14.4. The summed E-state index contributed by atoms with van der Waals surface area (Å²) in [5.74, 6) is -1.18. The molecule has 19 heavy (non-hydrogen) atoms. The summed E-state index contributed by atoms with van der Waals surface area (Å²) in [4.78, 5) is 24.5. The van der Waals surface area contributed by atoms with Gasteiger partial charge in [0, 0.05) is 4.90 Å². The second kappa shape index (κ2) is 7.56. The molecular formula is C14H17ClO3S. The number of ketones is 1. The number of ether oxygens (including phenoxy) is 1. The number of carbonyl (C=O) groups is 2. The highest BCUT2D eigenvalue weighted by atomic mass is 35.5. The number of rotatable bonds is 6. The Labute approximate surface area is 122 Å². The Morgan fingerprint density at radius 2 is 1.95 bits per heavy atom. The number of methoxy groups -OCH3 is 1. The van der Waals surface area contributed by atoms with Crippen molar-refractivity contribution < 1.29 is 14.3 Å². The lowest BCUT2D eigenvalue weighted by molar-refractivity contribution is -0.150. The third kappa shape index (κ3) is 4.55. The van der Waals surface area contributed by atoms with Crippen LogP contribution in [0, 0.1) is 11.8 Å².